The highest BCUT2D eigenvalue weighted by atomic mass is 16.6. The van der Waals surface area contributed by atoms with Crippen LogP contribution in [0.25, 0.3) is 0 Å². The van der Waals surface area contributed by atoms with Crippen LogP contribution in [0.1, 0.15) is 47.0 Å². The molecule has 8 nitrogen and oxygen atoms in total. The SMILES string of the molecule is C[C@@H]1CCCN1C(=O)C(NC(=O)NCC(=O)OC1CCOC1)C(C)(C)C. The summed E-state index contributed by atoms with van der Waals surface area (Å²) in [5.41, 5.74) is -0.446. The van der Waals surface area contributed by atoms with Crippen molar-refractivity contribution in [2.24, 2.45) is 5.41 Å². The maximum atomic E-state index is 12.9. The molecule has 2 saturated heterocycles. The Morgan fingerprint density at radius 2 is 2.00 bits per heavy atom. The Balaban J connectivity index is 1.85. The Morgan fingerprint density at radius 1 is 1.27 bits per heavy atom. The molecule has 0 aromatic carbocycles. The van der Waals surface area contributed by atoms with E-state index in [9.17, 15) is 14.4 Å². The molecular weight excluding hydrogens is 338 g/mol. The highest BCUT2D eigenvalue weighted by Crippen LogP contribution is 2.25. The molecule has 2 unspecified atom stereocenters. The second kappa shape index (κ2) is 8.70. The fourth-order valence-corrected chi connectivity index (χ4v) is 3.24. The van der Waals surface area contributed by atoms with E-state index in [1.807, 2.05) is 32.6 Å². The van der Waals surface area contributed by atoms with Crippen molar-refractivity contribution < 1.29 is 23.9 Å². The predicted octanol–water partition coefficient (Wildman–Crippen LogP) is 1.04. The van der Waals surface area contributed by atoms with Crippen molar-refractivity contribution in [2.75, 3.05) is 26.3 Å². The van der Waals surface area contributed by atoms with E-state index in [1.165, 1.54) is 0 Å². The van der Waals surface area contributed by atoms with Gasteiger partial charge in [-0.25, -0.2) is 4.79 Å². The Labute approximate surface area is 155 Å². The molecule has 2 N–H and O–H groups in total. The first-order valence-corrected chi connectivity index (χ1v) is 9.30. The van der Waals surface area contributed by atoms with Crippen molar-refractivity contribution in [3.63, 3.8) is 0 Å². The third kappa shape index (κ3) is 5.59. The molecule has 0 aromatic heterocycles. The van der Waals surface area contributed by atoms with Gasteiger partial charge in [-0.1, -0.05) is 20.8 Å². The molecular formula is C18H31N3O5. The number of esters is 1. The number of amides is 3. The molecule has 0 aliphatic carbocycles. The summed E-state index contributed by atoms with van der Waals surface area (Å²) in [6.07, 6.45) is 2.39. The van der Waals surface area contributed by atoms with Gasteiger partial charge in [0.25, 0.3) is 0 Å². The number of hydrogen-bond donors (Lipinski definition) is 2. The Kier molecular flexibility index (Phi) is 6.86. The van der Waals surface area contributed by atoms with Crippen LogP contribution in [-0.4, -0.2) is 67.3 Å². The zero-order valence-electron chi connectivity index (χ0n) is 16.2. The normalized spacial score (nSPS) is 24.2. The molecule has 0 spiro atoms. The fraction of sp³-hybridized carbons (Fsp3) is 0.833. The lowest BCUT2D eigenvalue weighted by molar-refractivity contribution is -0.147. The maximum absolute atomic E-state index is 12.9. The van der Waals surface area contributed by atoms with Crippen LogP contribution < -0.4 is 10.6 Å². The van der Waals surface area contributed by atoms with Crippen molar-refractivity contribution in [3.05, 3.63) is 0 Å². The largest absolute Gasteiger partial charge is 0.459 e. The number of carbonyl (C=O) groups is 3. The van der Waals surface area contributed by atoms with Gasteiger partial charge >= 0.3 is 12.0 Å². The molecule has 3 amide bonds. The number of urea groups is 1. The van der Waals surface area contributed by atoms with Gasteiger partial charge < -0.3 is 25.0 Å². The van der Waals surface area contributed by atoms with Gasteiger partial charge in [-0.05, 0) is 25.2 Å². The van der Waals surface area contributed by atoms with Crippen LogP contribution in [0.5, 0.6) is 0 Å². The van der Waals surface area contributed by atoms with Gasteiger partial charge in [0.15, 0.2) is 0 Å². The van der Waals surface area contributed by atoms with Crippen LogP contribution in [0.15, 0.2) is 0 Å². The second-order valence-electron chi connectivity index (χ2n) is 8.12. The minimum absolute atomic E-state index is 0.0802. The van der Waals surface area contributed by atoms with Crippen LogP contribution in [-0.2, 0) is 19.1 Å². The molecule has 2 fully saturated rings. The maximum Gasteiger partial charge on any atom is 0.325 e. The summed E-state index contributed by atoms with van der Waals surface area (Å²) < 4.78 is 10.3. The molecule has 2 aliphatic heterocycles. The van der Waals surface area contributed by atoms with Gasteiger partial charge in [-0.15, -0.1) is 0 Å². The summed E-state index contributed by atoms with van der Waals surface area (Å²) >= 11 is 0. The van der Waals surface area contributed by atoms with Crippen molar-refractivity contribution in [1.82, 2.24) is 15.5 Å². The Hall–Kier alpha value is -1.83. The number of nitrogens with zero attached hydrogens (tertiary/aromatic N) is 1. The lowest BCUT2D eigenvalue weighted by Crippen LogP contribution is -2.57. The van der Waals surface area contributed by atoms with Gasteiger partial charge in [0.1, 0.15) is 18.7 Å². The third-order valence-corrected chi connectivity index (χ3v) is 4.80. The molecule has 0 radical (unpaired) electrons. The van der Waals surface area contributed by atoms with Crippen molar-refractivity contribution >= 4 is 17.9 Å². The van der Waals surface area contributed by atoms with Crippen molar-refractivity contribution in [3.8, 4) is 0 Å². The van der Waals surface area contributed by atoms with Crippen molar-refractivity contribution in [1.29, 1.82) is 0 Å². The highest BCUT2D eigenvalue weighted by molar-refractivity contribution is 5.89. The molecule has 0 aromatic rings. The van der Waals surface area contributed by atoms with Crippen LogP contribution >= 0.6 is 0 Å². The molecule has 3 atom stereocenters. The summed E-state index contributed by atoms with van der Waals surface area (Å²) in [6.45, 7) is 9.19. The first-order chi connectivity index (χ1) is 12.2. The van der Waals surface area contributed by atoms with Crippen LogP contribution in [0.2, 0.25) is 0 Å². The van der Waals surface area contributed by atoms with Gasteiger partial charge in [-0.2, -0.15) is 0 Å². The molecule has 8 heteroatoms. The van der Waals surface area contributed by atoms with E-state index >= 15 is 0 Å². The van der Waals surface area contributed by atoms with Crippen LogP contribution in [0.4, 0.5) is 4.79 Å². The Bertz CT molecular complexity index is 525. The summed E-state index contributed by atoms with van der Waals surface area (Å²) in [5, 5.41) is 5.21. The number of hydrogen-bond acceptors (Lipinski definition) is 5. The van der Waals surface area contributed by atoms with E-state index < -0.39 is 23.5 Å². The van der Waals surface area contributed by atoms with Gasteiger partial charge in [0, 0.05) is 19.0 Å². The molecule has 0 bridgehead atoms. The number of nitrogens with one attached hydrogen (secondary N) is 2. The average Bonchev–Trinajstić information content (AvgIpc) is 3.20. The molecule has 2 aliphatic rings. The molecule has 26 heavy (non-hydrogen) atoms. The quantitative estimate of drug-likeness (QED) is 0.706. The molecule has 148 valence electrons. The number of rotatable bonds is 5. The third-order valence-electron chi connectivity index (χ3n) is 4.80. The fourth-order valence-electron chi connectivity index (χ4n) is 3.24. The van der Waals surface area contributed by atoms with Crippen molar-refractivity contribution in [2.45, 2.75) is 65.1 Å². The van der Waals surface area contributed by atoms with E-state index in [4.69, 9.17) is 9.47 Å². The van der Waals surface area contributed by atoms with E-state index in [2.05, 4.69) is 10.6 Å². The summed E-state index contributed by atoms with van der Waals surface area (Å²) in [6, 6.07) is -1.03. The number of carbonyl (C=O) groups excluding carboxylic acids is 3. The number of likely N-dealkylation sites (tertiary alicyclic amines) is 1. The predicted molar refractivity (Wildman–Crippen MR) is 95.5 cm³/mol. The first-order valence-electron chi connectivity index (χ1n) is 9.30. The zero-order valence-corrected chi connectivity index (χ0v) is 16.2. The van der Waals surface area contributed by atoms with Crippen LogP contribution in [0, 0.1) is 5.41 Å². The molecule has 2 rings (SSSR count). The Morgan fingerprint density at radius 3 is 2.54 bits per heavy atom. The van der Waals surface area contributed by atoms with E-state index in [0.717, 1.165) is 12.8 Å². The number of ether oxygens (including phenoxy) is 2. The summed E-state index contributed by atoms with van der Waals surface area (Å²) in [7, 11) is 0. The summed E-state index contributed by atoms with van der Waals surface area (Å²) in [4.78, 5) is 38.7. The summed E-state index contributed by atoms with van der Waals surface area (Å²) in [5.74, 6) is -0.592. The topological polar surface area (TPSA) is 97.0 Å². The van der Waals surface area contributed by atoms with Crippen LogP contribution in [0.3, 0.4) is 0 Å². The highest BCUT2D eigenvalue weighted by Gasteiger charge is 2.38. The monoisotopic (exact) mass is 369 g/mol. The van der Waals surface area contributed by atoms with Gasteiger partial charge in [0.2, 0.25) is 5.91 Å². The van der Waals surface area contributed by atoms with Gasteiger partial charge in [-0.3, -0.25) is 9.59 Å². The van der Waals surface area contributed by atoms with E-state index in [0.29, 0.717) is 26.2 Å². The van der Waals surface area contributed by atoms with E-state index in [-0.39, 0.29) is 24.6 Å². The van der Waals surface area contributed by atoms with Gasteiger partial charge in [0.05, 0.1) is 13.2 Å². The average molecular weight is 369 g/mol. The second-order valence-corrected chi connectivity index (χ2v) is 8.12. The lowest BCUT2D eigenvalue weighted by atomic mass is 9.85. The molecule has 0 saturated carbocycles. The van der Waals surface area contributed by atoms with E-state index in [1.54, 1.807) is 0 Å². The smallest absolute Gasteiger partial charge is 0.325 e. The first kappa shape index (κ1) is 20.5. The zero-order chi connectivity index (χ0) is 19.3. The molecule has 2 heterocycles. The minimum Gasteiger partial charge on any atom is -0.459 e. The lowest BCUT2D eigenvalue weighted by Gasteiger charge is -2.35. The standard InChI is InChI=1S/C18H31N3O5/c1-12-6-5-8-21(12)16(23)15(18(2,3)4)20-17(24)19-10-14(22)26-13-7-9-25-11-13/h12-13,15H,5-11H2,1-4H3,(H2,19,20,24)/t12-,13?,15?/m1/s1. The minimum atomic E-state index is -0.665.